The number of carbonyl (C=O) groups is 1. The molecule has 2 N–H and O–H groups in total. The largest absolute Gasteiger partial charge is 0.486 e. The fraction of sp³-hybridized carbons (Fsp3) is 0.533. The van der Waals surface area contributed by atoms with Gasteiger partial charge in [0.15, 0.2) is 11.5 Å². The number of benzene rings is 1. The first-order chi connectivity index (χ1) is 9.69. The van der Waals surface area contributed by atoms with E-state index in [1.54, 1.807) is 7.05 Å². The number of amides is 1. The molecule has 0 bridgehead atoms. The average molecular weight is 278 g/mol. The van der Waals surface area contributed by atoms with E-state index in [1.165, 1.54) is 0 Å². The van der Waals surface area contributed by atoms with E-state index in [4.69, 9.17) is 9.47 Å². The van der Waals surface area contributed by atoms with Crippen molar-refractivity contribution in [3.05, 3.63) is 24.3 Å². The first kappa shape index (κ1) is 14.7. The van der Waals surface area contributed by atoms with Crippen molar-refractivity contribution in [2.75, 3.05) is 20.2 Å². The Hall–Kier alpha value is -1.75. The molecule has 0 fully saturated rings. The molecular weight excluding hydrogens is 256 g/mol. The molecule has 0 saturated heterocycles. The van der Waals surface area contributed by atoms with Crippen LogP contribution in [0.5, 0.6) is 11.5 Å². The Morgan fingerprint density at radius 3 is 2.90 bits per heavy atom. The summed E-state index contributed by atoms with van der Waals surface area (Å²) in [6, 6.07) is 7.99. The third kappa shape index (κ3) is 4.13. The topological polar surface area (TPSA) is 59.6 Å². The van der Waals surface area contributed by atoms with E-state index in [0.717, 1.165) is 17.9 Å². The van der Waals surface area contributed by atoms with E-state index in [9.17, 15) is 4.79 Å². The molecule has 1 aromatic rings. The van der Waals surface area contributed by atoms with Crippen LogP contribution < -0.4 is 20.1 Å². The SMILES string of the molecule is CNC(=O)CCNC(C)CC1COc2ccccc2O1. The van der Waals surface area contributed by atoms with E-state index in [2.05, 4.69) is 17.6 Å². The molecule has 5 heteroatoms. The molecule has 0 aromatic heterocycles. The van der Waals surface area contributed by atoms with Crippen LogP contribution in [0.25, 0.3) is 0 Å². The normalized spacial score (nSPS) is 18.4. The van der Waals surface area contributed by atoms with Gasteiger partial charge in [0.2, 0.25) is 5.91 Å². The summed E-state index contributed by atoms with van der Waals surface area (Å²) in [6.07, 6.45) is 1.39. The van der Waals surface area contributed by atoms with Gasteiger partial charge in [-0.15, -0.1) is 0 Å². The molecule has 2 unspecified atom stereocenters. The Balaban J connectivity index is 1.73. The fourth-order valence-electron chi connectivity index (χ4n) is 2.21. The summed E-state index contributed by atoms with van der Waals surface area (Å²) in [4.78, 5) is 11.1. The molecule has 1 heterocycles. The Morgan fingerprint density at radius 1 is 1.40 bits per heavy atom. The minimum atomic E-state index is 0.0485. The number of carbonyl (C=O) groups excluding carboxylic acids is 1. The lowest BCUT2D eigenvalue weighted by Gasteiger charge is -2.28. The van der Waals surface area contributed by atoms with Crippen molar-refractivity contribution in [1.82, 2.24) is 10.6 Å². The van der Waals surface area contributed by atoms with Gasteiger partial charge >= 0.3 is 0 Å². The highest BCUT2D eigenvalue weighted by Gasteiger charge is 2.22. The maximum absolute atomic E-state index is 11.1. The van der Waals surface area contributed by atoms with Gasteiger partial charge in [0.25, 0.3) is 0 Å². The van der Waals surface area contributed by atoms with Crippen molar-refractivity contribution >= 4 is 5.91 Å². The minimum Gasteiger partial charge on any atom is -0.486 e. The van der Waals surface area contributed by atoms with Crippen molar-refractivity contribution in [2.45, 2.75) is 31.9 Å². The van der Waals surface area contributed by atoms with Crippen LogP contribution in [0.15, 0.2) is 24.3 Å². The van der Waals surface area contributed by atoms with Crippen LogP contribution in [0.3, 0.4) is 0 Å². The van der Waals surface area contributed by atoms with Gasteiger partial charge < -0.3 is 20.1 Å². The summed E-state index contributed by atoms with van der Waals surface area (Å²) < 4.78 is 11.6. The predicted octanol–water partition coefficient (Wildman–Crippen LogP) is 1.33. The predicted molar refractivity (Wildman–Crippen MR) is 77.1 cm³/mol. The zero-order chi connectivity index (χ0) is 14.4. The number of ether oxygens (including phenoxy) is 2. The molecule has 1 aliphatic rings. The van der Waals surface area contributed by atoms with Gasteiger partial charge in [0.05, 0.1) is 0 Å². The van der Waals surface area contributed by atoms with Crippen LogP contribution in [0.1, 0.15) is 19.8 Å². The Kier molecular flexibility index (Phi) is 5.24. The van der Waals surface area contributed by atoms with E-state index < -0.39 is 0 Å². The lowest BCUT2D eigenvalue weighted by atomic mass is 10.1. The number of fused-ring (bicyclic) bond motifs is 1. The molecule has 20 heavy (non-hydrogen) atoms. The standard InChI is InChI=1S/C15H22N2O3/c1-11(17-8-7-15(18)16-2)9-12-10-19-13-5-3-4-6-14(13)20-12/h3-6,11-12,17H,7-10H2,1-2H3,(H,16,18). The Bertz CT molecular complexity index is 450. The molecule has 110 valence electrons. The summed E-state index contributed by atoms with van der Waals surface area (Å²) in [5, 5.41) is 5.93. The molecule has 1 aliphatic heterocycles. The van der Waals surface area contributed by atoms with Gasteiger partial charge in [-0.2, -0.15) is 0 Å². The van der Waals surface area contributed by atoms with Gasteiger partial charge in [0, 0.05) is 32.5 Å². The summed E-state index contributed by atoms with van der Waals surface area (Å²) in [7, 11) is 1.65. The lowest BCUT2D eigenvalue weighted by molar-refractivity contribution is -0.120. The van der Waals surface area contributed by atoms with Crippen molar-refractivity contribution in [3.63, 3.8) is 0 Å². The maximum atomic E-state index is 11.1. The molecule has 0 spiro atoms. The van der Waals surface area contributed by atoms with Crippen LogP contribution in [0.4, 0.5) is 0 Å². The van der Waals surface area contributed by atoms with Crippen LogP contribution >= 0.6 is 0 Å². The highest BCUT2D eigenvalue weighted by atomic mass is 16.6. The van der Waals surface area contributed by atoms with Crippen LogP contribution in [0.2, 0.25) is 0 Å². The van der Waals surface area contributed by atoms with Crippen LogP contribution in [0, 0.1) is 0 Å². The molecule has 2 rings (SSSR count). The third-order valence-corrected chi connectivity index (χ3v) is 3.31. The number of nitrogens with one attached hydrogen (secondary N) is 2. The summed E-state index contributed by atoms with van der Waals surface area (Å²) in [6.45, 7) is 3.33. The number of hydrogen-bond donors (Lipinski definition) is 2. The lowest BCUT2D eigenvalue weighted by Crippen LogP contribution is -2.38. The second-order valence-electron chi connectivity index (χ2n) is 5.01. The highest BCUT2D eigenvalue weighted by Crippen LogP contribution is 2.31. The number of rotatable bonds is 6. The van der Waals surface area contributed by atoms with Crippen LogP contribution in [-0.2, 0) is 4.79 Å². The van der Waals surface area contributed by atoms with Gasteiger partial charge in [-0.25, -0.2) is 0 Å². The van der Waals surface area contributed by atoms with E-state index in [-0.39, 0.29) is 18.1 Å². The molecule has 1 aromatic carbocycles. The molecule has 5 nitrogen and oxygen atoms in total. The summed E-state index contributed by atoms with van der Waals surface area (Å²) in [5.74, 6) is 1.67. The zero-order valence-electron chi connectivity index (χ0n) is 12.0. The highest BCUT2D eigenvalue weighted by molar-refractivity contribution is 5.75. The van der Waals surface area contributed by atoms with Crippen LogP contribution in [-0.4, -0.2) is 38.3 Å². The molecule has 1 amide bonds. The monoisotopic (exact) mass is 278 g/mol. The van der Waals surface area contributed by atoms with Crippen molar-refractivity contribution in [2.24, 2.45) is 0 Å². The van der Waals surface area contributed by atoms with Crippen molar-refractivity contribution in [1.29, 1.82) is 0 Å². The molecule has 0 radical (unpaired) electrons. The molecular formula is C15H22N2O3. The van der Waals surface area contributed by atoms with Gasteiger partial charge in [-0.05, 0) is 19.1 Å². The Labute approximate surface area is 119 Å². The number of para-hydroxylation sites is 2. The third-order valence-electron chi connectivity index (χ3n) is 3.31. The second kappa shape index (κ2) is 7.14. The summed E-state index contributed by atoms with van der Waals surface area (Å²) >= 11 is 0. The molecule has 0 aliphatic carbocycles. The van der Waals surface area contributed by atoms with Gasteiger partial charge in [-0.3, -0.25) is 4.79 Å². The average Bonchev–Trinajstić information content (AvgIpc) is 2.47. The summed E-state index contributed by atoms with van der Waals surface area (Å²) in [5.41, 5.74) is 0. The number of hydrogen-bond acceptors (Lipinski definition) is 4. The molecule has 0 saturated carbocycles. The van der Waals surface area contributed by atoms with E-state index in [1.807, 2.05) is 24.3 Å². The first-order valence-electron chi connectivity index (χ1n) is 7.01. The fourth-order valence-corrected chi connectivity index (χ4v) is 2.21. The van der Waals surface area contributed by atoms with Gasteiger partial charge in [-0.1, -0.05) is 12.1 Å². The Morgan fingerprint density at radius 2 is 2.15 bits per heavy atom. The van der Waals surface area contributed by atoms with E-state index in [0.29, 0.717) is 19.6 Å². The van der Waals surface area contributed by atoms with E-state index >= 15 is 0 Å². The smallest absolute Gasteiger partial charge is 0.221 e. The van der Waals surface area contributed by atoms with Crippen molar-refractivity contribution < 1.29 is 14.3 Å². The quantitative estimate of drug-likeness (QED) is 0.824. The maximum Gasteiger partial charge on any atom is 0.221 e. The first-order valence-corrected chi connectivity index (χ1v) is 7.01. The van der Waals surface area contributed by atoms with Gasteiger partial charge in [0.1, 0.15) is 12.7 Å². The molecule has 2 atom stereocenters. The second-order valence-corrected chi connectivity index (χ2v) is 5.01. The minimum absolute atomic E-state index is 0.0485. The zero-order valence-corrected chi connectivity index (χ0v) is 12.0. The van der Waals surface area contributed by atoms with Crippen molar-refractivity contribution in [3.8, 4) is 11.5 Å².